The van der Waals surface area contributed by atoms with Gasteiger partial charge >= 0.3 is 0 Å². The van der Waals surface area contributed by atoms with Crippen molar-refractivity contribution in [3.8, 4) is 0 Å². The van der Waals surface area contributed by atoms with Gasteiger partial charge in [0.2, 0.25) is 5.84 Å². The van der Waals surface area contributed by atoms with Crippen LogP contribution >= 0.6 is 0 Å². The molecule has 31 heavy (non-hydrogen) atoms. The van der Waals surface area contributed by atoms with E-state index in [4.69, 9.17) is 0 Å². The Labute approximate surface area is 182 Å². The topological polar surface area (TPSA) is 80.3 Å². The number of nitrogens with one attached hydrogen (secondary N) is 2. The molecule has 2 aliphatic heterocycles. The number of para-hydroxylation sites is 1. The number of carbonyl (C=O) groups excluding carboxylic acids is 2. The highest BCUT2D eigenvalue weighted by molar-refractivity contribution is 6.39. The van der Waals surface area contributed by atoms with Gasteiger partial charge in [0.15, 0.2) is 0 Å². The third-order valence-electron chi connectivity index (χ3n) is 5.62. The van der Waals surface area contributed by atoms with Gasteiger partial charge < -0.3 is 15.1 Å². The van der Waals surface area contributed by atoms with Gasteiger partial charge in [-0.15, -0.1) is 0 Å². The minimum atomic E-state index is -0.335. The molecule has 2 N–H and O–H groups in total. The van der Waals surface area contributed by atoms with E-state index < -0.39 is 0 Å². The maximum Gasteiger partial charge on any atom is 0.288 e. The number of aryl methyl sites for hydroxylation is 1. The number of carbonyl (C=O) groups is 2. The van der Waals surface area contributed by atoms with Crippen molar-refractivity contribution in [2.45, 2.75) is 13.5 Å². The zero-order valence-corrected chi connectivity index (χ0v) is 18.0. The maximum absolute atomic E-state index is 12.8. The Kier molecular flexibility index (Phi) is 6.18. The quantitative estimate of drug-likeness (QED) is 0.763. The van der Waals surface area contributed by atoms with Gasteiger partial charge in [0, 0.05) is 38.4 Å². The summed E-state index contributed by atoms with van der Waals surface area (Å²) in [4.78, 5) is 33.9. The van der Waals surface area contributed by atoms with E-state index in [1.165, 1.54) is 5.01 Å². The van der Waals surface area contributed by atoms with Crippen LogP contribution in [0.4, 0.5) is 11.4 Å². The number of hydrogen-bond acceptors (Lipinski definition) is 6. The molecule has 0 spiro atoms. The van der Waals surface area contributed by atoms with E-state index >= 15 is 0 Å². The Bertz CT molecular complexity index is 980. The highest BCUT2D eigenvalue weighted by Gasteiger charge is 2.25. The average Bonchev–Trinajstić information content (AvgIpc) is 2.79. The van der Waals surface area contributed by atoms with Crippen molar-refractivity contribution in [2.24, 2.45) is 4.99 Å². The Hall–Kier alpha value is -3.39. The number of rotatable bonds is 5. The van der Waals surface area contributed by atoms with Crippen LogP contribution in [0.5, 0.6) is 0 Å². The highest BCUT2D eigenvalue weighted by Crippen LogP contribution is 2.21. The van der Waals surface area contributed by atoms with Crippen molar-refractivity contribution in [3.63, 3.8) is 0 Å². The number of piperazine rings is 1. The Morgan fingerprint density at radius 2 is 1.77 bits per heavy atom. The summed E-state index contributed by atoms with van der Waals surface area (Å²) in [5.74, 6) is -0.407. The standard InChI is InChI=1S/C23H28N6O2/c1-17-7-9-19(10-8-17)29-21(30)16-24-22(26-29)23(31)25-15-18-5-3-4-6-20(18)28-13-11-27(2)12-14-28/h3-10H,11-16H2,1-2H3,(H,24,26)(H,25,31). The predicted molar refractivity (Wildman–Crippen MR) is 122 cm³/mol. The molecule has 2 aliphatic rings. The summed E-state index contributed by atoms with van der Waals surface area (Å²) in [6.07, 6.45) is 0. The monoisotopic (exact) mass is 420 g/mol. The van der Waals surface area contributed by atoms with E-state index in [0.29, 0.717) is 12.2 Å². The molecule has 0 aromatic heterocycles. The molecule has 0 atom stereocenters. The molecule has 2 aromatic rings. The number of aliphatic imine (C=N–C) groups is 1. The summed E-state index contributed by atoms with van der Waals surface area (Å²) < 4.78 is 0. The van der Waals surface area contributed by atoms with Crippen LogP contribution in [-0.4, -0.2) is 62.3 Å². The second kappa shape index (κ2) is 9.18. The zero-order chi connectivity index (χ0) is 21.8. The van der Waals surface area contributed by atoms with E-state index in [1.807, 2.05) is 49.4 Å². The molecule has 162 valence electrons. The fraction of sp³-hybridized carbons (Fsp3) is 0.348. The Morgan fingerprint density at radius 3 is 2.52 bits per heavy atom. The number of nitrogens with zero attached hydrogens (tertiary/aromatic N) is 4. The second-order valence-corrected chi connectivity index (χ2v) is 7.94. The van der Waals surface area contributed by atoms with Gasteiger partial charge in [-0.05, 0) is 37.7 Å². The lowest BCUT2D eigenvalue weighted by Crippen LogP contribution is -2.55. The Balaban J connectivity index is 1.41. The molecule has 0 saturated carbocycles. The summed E-state index contributed by atoms with van der Waals surface area (Å²) in [5.41, 5.74) is 6.84. The van der Waals surface area contributed by atoms with Crippen LogP contribution in [-0.2, 0) is 16.1 Å². The van der Waals surface area contributed by atoms with Gasteiger partial charge in [-0.1, -0.05) is 35.9 Å². The fourth-order valence-electron chi connectivity index (χ4n) is 3.72. The number of anilines is 2. The number of amidine groups is 1. The molecule has 1 fully saturated rings. The molecule has 2 amide bonds. The van der Waals surface area contributed by atoms with E-state index in [0.717, 1.165) is 43.0 Å². The molecular formula is C23H28N6O2. The molecule has 1 saturated heterocycles. The SMILES string of the molecule is Cc1ccc(N2NC(C(=O)NCc3ccccc3N3CCN(C)CC3)=NCC2=O)cc1. The first-order chi connectivity index (χ1) is 15.0. The smallest absolute Gasteiger partial charge is 0.288 e. The maximum atomic E-state index is 12.8. The third-order valence-corrected chi connectivity index (χ3v) is 5.62. The van der Waals surface area contributed by atoms with Gasteiger partial charge in [0.1, 0.15) is 6.54 Å². The van der Waals surface area contributed by atoms with Gasteiger partial charge in [0.05, 0.1) is 5.69 Å². The average molecular weight is 421 g/mol. The van der Waals surface area contributed by atoms with E-state index in [1.54, 1.807) is 0 Å². The lowest BCUT2D eigenvalue weighted by molar-refractivity contribution is -0.118. The van der Waals surface area contributed by atoms with Crippen LogP contribution in [0.3, 0.4) is 0 Å². The van der Waals surface area contributed by atoms with Crippen molar-refractivity contribution in [1.29, 1.82) is 0 Å². The van der Waals surface area contributed by atoms with Crippen LogP contribution in [0.15, 0.2) is 53.5 Å². The summed E-state index contributed by atoms with van der Waals surface area (Å²) in [6, 6.07) is 15.7. The van der Waals surface area contributed by atoms with Crippen molar-refractivity contribution < 1.29 is 9.59 Å². The van der Waals surface area contributed by atoms with Gasteiger partial charge in [0.25, 0.3) is 11.8 Å². The van der Waals surface area contributed by atoms with Crippen LogP contribution in [0.1, 0.15) is 11.1 Å². The fourth-order valence-corrected chi connectivity index (χ4v) is 3.72. The minimum absolute atomic E-state index is 0.0679. The van der Waals surface area contributed by atoms with Crippen LogP contribution in [0, 0.1) is 6.92 Å². The molecule has 0 radical (unpaired) electrons. The minimum Gasteiger partial charge on any atom is -0.369 e. The summed E-state index contributed by atoms with van der Waals surface area (Å²) in [5, 5.41) is 4.32. The van der Waals surface area contributed by atoms with Crippen molar-refractivity contribution in [1.82, 2.24) is 15.6 Å². The molecule has 8 heteroatoms. The van der Waals surface area contributed by atoms with Crippen molar-refractivity contribution in [3.05, 3.63) is 59.7 Å². The molecule has 2 heterocycles. The first kappa shape index (κ1) is 20.9. The van der Waals surface area contributed by atoms with Gasteiger partial charge in [-0.2, -0.15) is 0 Å². The van der Waals surface area contributed by atoms with Crippen molar-refractivity contribution >= 4 is 29.0 Å². The molecule has 4 rings (SSSR count). The van der Waals surface area contributed by atoms with E-state index in [2.05, 4.69) is 38.6 Å². The zero-order valence-electron chi connectivity index (χ0n) is 18.0. The number of benzene rings is 2. The lowest BCUT2D eigenvalue weighted by atomic mass is 10.1. The van der Waals surface area contributed by atoms with Crippen LogP contribution in [0.25, 0.3) is 0 Å². The molecule has 0 bridgehead atoms. The van der Waals surface area contributed by atoms with E-state index in [9.17, 15) is 9.59 Å². The largest absolute Gasteiger partial charge is 0.369 e. The number of hydrogen-bond donors (Lipinski definition) is 2. The van der Waals surface area contributed by atoms with Crippen LogP contribution < -0.4 is 20.7 Å². The number of likely N-dealkylation sites (N-methyl/N-ethyl adjacent to an activating group) is 1. The molecular weight excluding hydrogens is 392 g/mol. The Morgan fingerprint density at radius 1 is 1.06 bits per heavy atom. The summed E-state index contributed by atoms with van der Waals surface area (Å²) in [6.45, 7) is 6.26. The third kappa shape index (κ3) is 4.86. The second-order valence-electron chi connectivity index (χ2n) is 7.94. The molecule has 8 nitrogen and oxygen atoms in total. The summed E-state index contributed by atoms with van der Waals surface area (Å²) in [7, 11) is 2.13. The van der Waals surface area contributed by atoms with Crippen molar-refractivity contribution in [2.75, 3.05) is 49.7 Å². The van der Waals surface area contributed by atoms with Gasteiger partial charge in [-0.3, -0.25) is 20.0 Å². The first-order valence-corrected chi connectivity index (χ1v) is 10.5. The van der Waals surface area contributed by atoms with Gasteiger partial charge in [-0.25, -0.2) is 5.01 Å². The normalized spacial score (nSPS) is 17.2. The molecule has 0 unspecified atom stereocenters. The number of amides is 2. The van der Waals surface area contributed by atoms with Crippen LogP contribution in [0.2, 0.25) is 0 Å². The lowest BCUT2D eigenvalue weighted by Gasteiger charge is -2.35. The van der Waals surface area contributed by atoms with E-state index in [-0.39, 0.29) is 24.2 Å². The molecule has 2 aromatic carbocycles. The first-order valence-electron chi connectivity index (χ1n) is 10.5. The summed E-state index contributed by atoms with van der Waals surface area (Å²) >= 11 is 0. The highest BCUT2D eigenvalue weighted by atomic mass is 16.2. The predicted octanol–water partition coefficient (Wildman–Crippen LogP) is 1.31. The number of hydrazine groups is 1. The molecule has 0 aliphatic carbocycles.